The Balaban J connectivity index is 1.96. The minimum absolute atomic E-state index is 0.375. The summed E-state index contributed by atoms with van der Waals surface area (Å²) in [4.78, 5) is 12.7. The van der Waals surface area contributed by atoms with Crippen LogP contribution in [0.3, 0.4) is 0 Å². The van der Waals surface area contributed by atoms with Gasteiger partial charge < -0.3 is 4.52 Å². The lowest BCUT2D eigenvalue weighted by molar-refractivity contribution is 0.0747. The van der Waals surface area contributed by atoms with Gasteiger partial charge in [-0.05, 0) is 47.9 Å². The number of carbonyl (C=O) groups excluding carboxylic acids is 1. The molecule has 0 N–H and O–H groups in total. The number of benzene rings is 3. The summed E-state index contributed by atoms with van der Waals surface area (Å²) in [5, 5.41) is 0.997. The van der Waals surface area contributed by atoms with Crippen molar-refractivity contribution in [1.29, 1.82) is 0 Å². The molecule has 4 heteroatoms. The Labute approximate surface area is 154 Å². The van der Waals surface area contributed by atoms with Gasteiger partial charge in [0.15, 0.2) is 0 Å². The van der Waals surface area contributed by atoms with Crippen molar-refractivity contribution in [2.24, 2.45) is 0 Å². The van der Waals surface area contributed by atoms with E-state index in [2.05, 4.69) is 13.8 Å². The topological polar surface area (TPSA) is 43.4 Å². The monoisotopic (exact) mass is 364 g/mol. The van der Waals surface area contributed by atoms with E-state index < -0.39 is 13.3 Å². The van der Waals surface area contributed by atoms with Gasteiger partial charge >= 0.3 is 13.3 Å². The molecule has 0 heterocycles. The van der Waals surface area contributed by atoms with Crippen LogP contribution in [0.15, 0.2) is 84.9 Å². The Morgan fingerprint density at radius 1 is 0.769 bits per heavy atom. The summed E-state index contributed by atoms with van der Waals surface area (Å²) in [5.74, 6) is -0.212. The summed E-state index contributed by atoms with van der Waals surface area (Å²) in [6.45, 7) is 4.18. The first-order valence-electron chi connectivity index (χ1n) is 8.56. The number of hydrogen-bond acceptors (Lipinski definition) is 3. The second-order valence-electron chi connectivity index (χ2n) is 6.38. The second-order valence-corrected chi connectivity index (χ2v) is 8.70. The molecule has 0 saturated carbocycles. The van der Waals surface area contributed by atoms with E-state index in [-0.39, 0.29) is 0 Å². The van der Waals surface area contributed by atoms with E-state index in [4.69, 9.17) is 4.52 Å². The fourth-order valence-corrected chi connectivity index (χ4v) is 4.65. The predicted molar refractivity (Wildman–Crippen MR) is 106 cm³/mol. The van der Waals surface area contributed by atoms with Gasteiger partial charge in [-0.25, -0.2) is 4.79 Å². The first-order chi connectivity index (χ1) is 12.5. The summed E-state index contributed by atoms with van der Waals surface area (Å²) in [6, 6.07) is 25.0. The molecule has 3 rings (SSSR count). The van der Waals surface area contributed by atoms with Gasteiger partial charge in [0.05, 0.1) is 16.2 Å². The maximum atomic E-state index is 13.7. The highest BCUT2D eigenvalue weighted by Gasteiger charge is 2.32. The Hall–Kier alpha value is -2.64. The zero-order valence-electron chi connectivity index (χ0n) is 14.8. The van der Waals surface area contributed by atoms with Gasteiger partial charge in [-0.1, -0.05) is 62.4 Å². The largest absolute Gasteiger partial charge is 0.401 e. The van der Waals surface area contributed by atoms with Gasteiger partial charge in [0.2, 0.25) is 0 Å². The third-order valence-corrected chi connectivity index (χ3v) is 6.60. The van der Waals surface area contributed by atoms with E-state index in [9.17, 15) is 9.36 Å². The molecule has 0 fully saturated rings. The highest BCUT2D eigenvalue weighted by atomic mass is 31.2. The molecule has 3 aromatic carbocycles. The van der Waals surface area contributed by atoms with Crippen LogP contribution in [0.1, 0.15) is 35.7 Å². The molecule has 0 bridgehead atoms. The third kappa shape index (κ3) is 3.79. The number of rotatable bonds is 5. The van der Waals surface area contributed by atoms with E-state index in [1.54, 1.807) is 60.7 Å². The van der Waals surface area contributed by atoms with Gasteiger partial charge in [0.1, 0.15) is 0 Å². The Bertz CT molecular complexity index is 873. The molecule has 3 aromatic rings. The van der Waals surface area contributed by atoms with Gasteiger partial charge in [-0.15, -0.1) is 0 Å². The van der Waals surface area contributed by atoms with Crippen molar-refractivity contribution in [3.63, 3.8) is 0 Å². The first kappa shape index (κ1) is 18.2. The first-order valence-corrected chi connectivity index (χ1v) is 10.2. The van der Waals surface area contributed by atoms with E-state index in [0.29, 0.717) is 22.1 Å². The fourth-order valence-electron chi connectivity index (χ4n) is 2.68. The van der Waals surface area contributed by atoms with E-state index in [1.807, 2.05) is 24.3 Å². The molecule has 26 heavy (non-hydrogen) atoms. The van der Waals surface area contributed by atoms with Crippen LogP contribution < -0.4 is 10.6 Å². The van der Waals surface area contributed by atoms with Crippen LogP contribution in [0.4, 0.5) is 0 Å². The van der Waals surface area contributed by atoms with E-state index in [0.717, 1.165) is 5.56 Å². The van der Waals surface area contributed by atoms with Crippen molar-refractivity contribution >= 4 is 23.9 Å². The van der Waals surface area contributed by atoms with Crippen LogP contribution in [-0.4, -0.2) is 5.97 Å². The van der Waals surface area contributed by atoms with E-state index in [1.165, 1.54) is 0 Å². The zero-order chi connectivity index (χ0) is 18.6. The number of hydrogen-bond donors (Lipinski definition) is 0. The SMILES string of the molecule is CC(C)c1ccc(C(=O)OP(=O)(c2ccccc2)c2ccccc2)cc1. The molecule has 0 radical (unpaired) electrons. The van der Waals surface area contributed by atoms with Crippen LogP contribution in [0.2, 0.25) is 0 Å². The summed E-state index contributed by atoms with van der Waals surface area (Å²) >= 11 is 0. The highest BCUT2D eigenvalue weighted by Crippen LogP contribution is 2.45. The van der Waals surface area contributed by atoms with Crippen molar-refractivity contribution in [3.05, 3.63) is 96.1 Å². The average Bonchev–Trinajstić information content (AvgIpc) is 2.69. The molecule has 0 aromatic heterocycles. The lowest BCUT2D eigenvalue weighted by Crippen LogP contribution is -2.20. The van der Waals surface area contributed by atoms with Crippen molar-refractivity contribution in [2.75, 3.05) is 0 Å². The molecule has 0 spiro atoms. The van der Waals surface area contributed by atoms with Crippen LogP contribution in [0, 0.1) is 0 Å². The van der Waals surface area contributed by atoms with Crippen LogP contribution in [0.25, 0.3) is 0 Å². The highest BCUT2D eigenvalue weighted by molar-refractivity contribution is 7.74. The summed E-state index contributed by atoms with van der Waals surface area (Å²) in [6.07, 6.45) is 0. The quantitative estimate of drug-likeness (QED) is 0.605. The Kier molecular flexibility index (Phi) is 5.39. The fraction of sp³-hybridized carbons (Fsp3) is 0.136. The average molecular weight is 364 g/mol. The molecular formula is C22H21O3P. The van der Waals surface area contributed by atoms with E-state index >= 15 is 0 Å². The third-order valence-electron chi connectivity index (χ3n) is 4.22. The van der Waals surface area contributed by atoms with Gasteiger partial charge in [0, 0.05) is 0 Å². The molecule has 0 saturated heterocycles. The van der Waals surface area contributed by atoms with Gasteiger partial charge in [-0.3, -0.25) is 4.57 Å². The maximum Gasteiger partial charge on any atom is 0.343 e. The minimum Gasteiger partial charge on any atom is -0.401 e. The van der Waals surface area contributed by atoms with Gasteiger partial charge in [-0.2, -0.15) is 0 Å². The predicted octanol–water partition coefficient (Wildman–Crippen LogP) is 4.90. The summed E-state index contributed by atoms with van der Waals surface area (Å²) in [5.41, 5.74) is 1.53. The molecule has 3 nitrogen and oxygen atoms in total. The number of carbonyl (C=O) groups is 1. The van der Waals surface area contributed by atoms with Crippen molar-refractivity contribution in [3.8, 4) is 0 Å². The second kappa shape index (κ2) is 7.72. The lowest BCUT2D eigenvalue weighted by Gasteiger charge is -2.19. The zero-order valence-corrected chi connectivity index (χ0v) is 15.7. The van der Waals surface area contributed by atoms with Crippen LogP contribution in [-0.2, 0) is 9.09 Å². The molecule has 0 amide bonds. The molecule has 0 aliphatic rings. The van der Waals surface area contributed by atoms with Crippen molar-refractivity contribution < 1.29 is 13.9 Å². The normalized spacial score (nSPS) is 11.3. The smallest absolute Gasteiger partial charge is 0.343 e. The molecule has 0 atom stereocenters. The summed E-state index contributed by atoms with van der Waals surface area (Å²) < 4.78 is 19.3. The molecule has 0 aliphatic carbocycles. The molecule has 0 aliphatic heterocycles. The Morgan fingerprint density at radius 2 is 1.23 bits per heavy atom. The Morgan fingerprint density at radius 3 is 1.65 bits per heavy atom. The molecule has 132 valence electrons. The standard InChI is InChI=1S/C22H21O3P/c1-17(2)18-13-15-19(16-14-18)22(23)25-26(24,20-9-5-3-6-10-20)21-11-7-4-8-12-21/h3-17H,1-2H3. The maximum absolute atomic E-state index is 13.7. The van der Waals surface area contributed by atoms with Crippen LogP contribution in [0.5, 0.6) is 0 Å². The van der Waals surface area contributed by atoms with Crippen molar-refractivity contribution in [2.45, 2.75) is 19.8 Å². The molecular weight excluding hydrogens is 343 g/mol. The van der Waals surface area contributed by atoms with Gasteiger partial charge in [0.25, 0.3) is 0 Å². The lowest BCUT2D eigenvalue weighted by atomic mass is 10.0. The molecule has 0 unspecified atom stereocenters. The van der Waals surface area contributed by atoms with Crippen LogP contribution >= 0.6 is 7.37 Å². The van der Waals surface area contributed by atoms with Crippen molar-refractivity contribution in [1.82, 2.24) is 0 Å². The minimum atomic E-state index is -3.53. The summed E-state index contributed by atoms with van der Waals surface area (Å²) in [7, 11) is -3.53.